The first-order valence-electron chi connectivity index (χ1n) is 9.68. The number of hydrogen-bond donors (Lipinski definition) is 3. The van der Waals surface area contributed by atoms with Gasteiger partial charge < -0.3 is 10.6 Å². The third-order valence-electron chi connectivity index (χ3n) is 4.66. The van der Waals surface area contributed by atoms with Gasteiger partial charge in [0.25, 0.3) is 15.9 Å². The Kier molecular flexibility index (Phi) is 6.89. The highest BCUT2D eigenvalue weighted by atomic mass is 32.2. The van der Waals surface area contributed by atoms with E-state index in [9.17, 15) is 22.4 Å². The Morgan fingerprint density at radius 3 is 2.19 bits per heavy atom. The van der Waals surface area contributed by atoms with E-state index in [0.29, 0.717) is 5.69 Å². The largest absolute Gasteiger partial charge is 0.343 e. The Hall–Kier alpha value is -3.72. The summed E-state index contributed by atoms with van der Waals surface area (Å²) < 4.78 is 40.5. The van der Waals surface area contributed by atoms with Crippen LogP contribution in [0.3, 0.4) is 0 Å². The first-order valence-corrected chi connectivity index (χ1v) is 11.2. The number of anilines is 2. The molecule has 3 N–H and O–H groups in total. The van der Waals surface area contributed by atoms with Crippen molar-refractivity contribution in [2.45, 2.75) is 18.7 Å². The van der Waals surface area contributed by atoms with E-state index >= 15 is 0 Å². The second-order valence-corrected chi connectivity index (χ2v) is 8.82. The topological polar surface area (TPSA) is 104 Å². The molecular formula is C23H22FN3O4S. The highest BCUT2D eigenvalue weighted by Gasteiger charge is 2.17. The van der Waals surface area contributed by atoms with E-state index in [2.05, 4.69) is 15.4 Å². The summed E-state index contributed by atoms with van der Waals surface area (Å²) in [6, 6.07) is 15.8. The van der Waals surface area contributed by atoms with Crippen LogP contribution in [0.1, 0.15) is 21.5 Å². The van der Waals surface area contributed by atoms with Crippen LogP contribution in [0.25, 0.3) is 0 Å². The van der Waals surface area contributed by atoms with E-state index < -0.39 is 27.7 Å². The Balaban J connectivity index is 1.66. The summed E-state index contributed by atoms with van der Waals surface area (Å²) in [4.78, 5) is 24.6. The first kappa shape index (κ1) is 23.0. The van der Waals surface area contributed by atoms with Gasteiger partial charge in [-0.15, -0.1) is 0 Å². The quantitative estimate of drug-likeness (QED) is 0.506. The minimum atomic E-state index is -4.00. The minimum Gasteiger partial charge on any atom is -0.343 e. The zero-order valence-corrected chi connectivity index (χ0v) is 18.3. The van der Waals surface area contributed by atoms with Gasteiger partial charge in [0.05, 0.1) is 11.4 Å². The lowest BCUT2D eigenvalue weighted by molar-refractivity contribution is -0.115. The van der Waals surface area contributed by atoms with Crippen molar-refractivity contribution in [3.63, 3.8) is 0 Å². The SMILES string of the molecule is Cc1cccc(C)c1NC(=O)CNC(=O)c1cccc(S(=O)(=O)Nc2ccc(F)cc2)c1. The van der Waals surface area contributed by atoms with Crippen LogP contribution in [-0.4, -0.2) is 26.8 Å². The van der Waals surface area contributed by atoms with Gasteiger partial charge in [-0.2, -0.15) is 0 Å². The number of sulfonamides is 1. The van der Waals surface area contributed by atoms with Crippen LogP contribution in [0.2, 0.25) is 0 Å². The second-order valence-electron chi connectivity index (χ2n) is 7.14. The molecule has 9 heteroatoms. The summed E-state index contributed by atoms with van der Waals surface area (Å²) in [7, 11) is -4.00. The first-order chi connectivity index (χ1) is 15.2. The van der Waals surface area contributed by atoms with Crippen molar-refractivity contribution in [2.24, 2.45) is 0 Å². The minimum absolute atomic E-state index is 0.0758. The zero-order chi connectivity index (χ0) is 23.3. The molecule has 0 heterocycles. The maximum absolute atomic E-state index is 13.0. The van der Waals surface area contributed by atoms with Gasteiger partial charge in [0.15, 0.2) is 0 Å². The maximum Gasteiger partial charge on any atom is 0.261 e. The zero-order valence-electron chi connectivity index (χ0n) is 17.5. The number of carbonyl (C=O) groups is 2. The molecule has 0 atom stereocenters. The van der Waals surface area contributed by atoms with Crippen LogP contribution in [0.15, 0.2) is 71.6 Å². The molecular weight excluding hydrogens is 433 g/mol. The van der Waals surface area contributed by atoms with Gasteiger partial charge in [-0.25, -0.2) is 12.8 Å². The molecule has 166 valence electrons. The average Bonchev–Trinajstić information content (AvgIpc) is 2.76. The lowest BCUT2D eigenvalue weighted by Crippen LogP contribution is -2.33. The maximum atomic E-state index is 13.0. The van der Waals surface area contributed by atoms with Crippen molar-refractivity contribution in [1.29, 1.82) is 0 Å². The molecule has 3 rings (SSSR count). The Bertz CT molecular complexity index is 1240. The third kappa shape index (κ3) is 5.70. The summed E-state index contributed by atoms with van der Waals surface area (Å²) in [6.07, 6.45) is 0. The van der Waals surface area contributed by atoms with Gasteiger partial charge >= 0.3 is 0 Å². The van der Waals surface area contributed by atoms with Gasteiger partial charge in [0.2, 0.25) is 5.91 Å². The second kappa shape index (κ2) is 9.61. The molecule has 0 saturated heterocycles. The fraction of sp³-hybridized carbons (Fsp3) is 0.130. The van der Waals surface area contributed by atoms with Crippen LogP contribution in [0, 0.1) is 19.7 Å². The number of rotatable bonds is 7. The van der Waals surface area contributed by atoms with Gasteiger partial charge in [-0.1, -0.05) is 24.3 Å². The molecule has 32 heavy (non-hydrogen) atoms. The summed E-state index contributed by atoms with van der Waals surface area (Å²) in [6.45, 7) is 3.46. The monoisotopic (exact) mass is 455 g/mol. The summed E-state index contributed by atoms with van der Waals surface area (Å²) >= 11 is 0. The van der Waals surface area contributed by atoms with Crippen molar-refractivity contribution in [2.75, 3.05) is 16.6 Å². The smallest absolute Gasteiger partial charge is 0.261 e. The summed E-state index contributed by atoms with van der Waals surface area (Å²) in [5, 5.41) is 5.25. The van der Waals surface area contributed by atoms with E-state index in [4.69, 9.17) is 0 Å². The van der Waals surface area contributed by atoms with Crippen LogP contribution < -0.4 is 15.4 Å². The number of aryl methyl sites for hydroxylation is 2. The Labute approximate surface area is 185 Å². The number of benzene rings is 3. The highest BCUT2D eigenvalue weighted by molar-refractivity contribution is 7.92. The molecule has 0 fully saturated rings. The van der Waals surface area contributed by atoms with Gasteiger partial charge in [-0.3, -0.25) is 14.3 Å². The van der Waals surface area contributed by atoms with Gasteiger partial charge in [-0.05, 0) is 67.4 Å². The summed E-state index contributed by atoms with van der Waals surface area (Å²) in [5.74, 6) is -1.49. The lowest BCUT2D eigenvalue weighted by Gasteiger charge is -2.12. The Morgan fingerprint density at radius 1 is 0.906 bits per heavy atom. The van der Waals surface area contributed by atoms with E-state index in [1.807, 2.05) is 32.0 Å². The molecule has 0 aliphatic heterocycles. The average molecular weight is 456 g/mol. The van der Waals surface area contributed by atoms with Crippen molar-refractivity contribution in [3.05, 3.63) is 89.2 Å². The van der Waals surface area contributed by atoms with Crippen molar-refractivity contribution >= 4 is 33.2 Å². The normalized spacial score (nSPS) is 11.0. The van der Waals surface area contributed by atoms with E-state index in [1.54, 1.807) is 0 Å². The number of carbonyl (C=O) groups excluding carboxylic acids is 2. The molecule has 3 aromatic carbocycles. The lowest BCUT2D eigenvalue weighted by atomic mass is 10.1. The molecule has 0 aliphatic rings. The molecule has 0 bridgehead atoms. The van der Waals surface area contributed by atoms with Crippen LogP contribution >= 0.6 is 0 Å². The van der Waals surface area contributed by atoms with Crippen LogP contribution in [0.4, 0.5) is 15.8 Å². The van der Waals surface area contributed by atoms with Crippen molar-refractivity contribution in [1.82, 2.24) is 5.32 Å². The van der Waals surface area contributed by atoms with Crippen molar-refractivity contribution in [3.8, 4) is 0 Å². The molecule has 0 saturated carbocycles. The fourth-order valence-corrected chi connectivity index (χ4v) is 4.10. The number of para-hydroxylation sites is 1. The van der Waals surface area contributed by atoms with E-state index in [-0.39, 0.29) is 22.7 Å². The molecule has 0 spiro atoms. The molecule has 3 aromatic rings. The molecule has 0 aliphatic carbocycles. The summed E-state index contributed by atoms with van der Waals surface area (Å²) in [5.41, 5.74) is 2.75. The van der Waals surface area contributed by atoms with Crippen LogP contribution in [-0.2, 0) is 14.8 Å². The molecule has 7 nitrogen and oxygen atoms in total. The molecule has 0 unspecified atom stereocenters. The predicted molar refractivity (Wildman–Crippen MR) is 121 cm³/mol. The number of amides is 2. The van der Waals surface area contributed by atoms with Gasteiger partial charge in [0, 0.05) is 16.9 Å². The van der Waals surface area contributed by atoms with Crippen LogP contribution in [0.5, 0.6) is 0 Å². The fourth-order valence-electron chi connectivity index (χ4n) is 2.99. The van der Waals surface area contributed by atoms with E-state index in [1.165, 1.54) is 36.4 Å². The standard InChI is InChI=1S/C23H22FN3O4S/c1-15-5-3-6-16(2)22(15)26-21(28)14-25-23(29)17-7-4-8-20(13-17)32(30,31)27-19-11-9-18(24)10-12-19/h3-13,27H,14H2,1-2H3,(H,25,29)(H,26,28). The number of halogens is 1. The number of hydrogen-bond acceptors (Lipinski definition) is 4. The third-order valence-corrected chi connectivity index (χ3v) is 6.04. The molecule has 2 amide bonds. The number of nitrogens with one attached hydrogen (secondary N) is 3. The highest BCUT2D eigenvalue weighted by Crippen LogP contribution is 2.19. The molecule has 0 aromatic heterocycles. The van der Waals surface area contributed by atoms with Crippen molar-refractivity contribution < 1.29 is 22.4 Å². The van der Waals surface area contributed by atoms with Gasteiger partial charge in [0.1, 0.15) is 5.82 Å². The molecule has 0 radical (unpaired) electrons. The Morgan fingerprint density at radius 2 is 1.53 bits per heavy atom. The van der Waals surface area contributed by atoms with E-state index in [0.717, 1.165) is 23.3 Å². The predicted octanol–water partition coefficient (Wildman–Crippen LogP) is 3.61.